The highest BCUT2D eigenvalue weighted by Crippen LogP contribution is 2.52. The fourth-order valence-corrected chi connectivity index (χ4v) is 7.58. The summed E-state index contributed by atoms with van der Waals surface area (Å²) < 4.78 is 6.48. The maximum atomic E-state index is 6.48. The fraction of sp³-hybridized carbons (Fsp3) is 0. The first kappa shape index (κ1) is 26.9. The van der Waals surface area contributed by atoms with Gasteiger partial charge < -0.3 is 15.0 Å². The van der Waals surface area contributed by atoms with Crippen LogP contribution < -0.4 is 25.9 Å². The van der Waals surface area contributed by atoms with Crippen molar-refractivity contribution in [2.24, 2.45) is 0 Å². The maximum Gasteiger partial charge on any atom is 0.198 e. The second kappa shape index (κ2) is 10.6. The van der Waals surface area contributed by atoms with Crippen LogP contribution >= 0.6 is 0 Å². The molecule has 8 aromatic carbocycles. The zero-order chi connectivity index (χ0) is 31.6. The molecule has 0 saturated carbocycles. The van der Waals surface area contributed by atoms with Crippen molar-refractivity contribution in [3.8, 4) is 33.8 Å². The van der Waals surface area contributed by atoms with Crippen LogP contribution in [-0.4, -0.2) is 7.28 Å². The molecule has 224 valence electrons. The van der Waals surface area contributed by atoms with Gasteiger partial charge in [-0.1, -0.05) is 121 Å². The van der Waals surface area contributed by atoms with Crippen LogP contribution in [0.1, 0.15) is 0 Å². The van der Waals surface area contributed by atoms with E-state index in [9.17, 15) is 0 Å². The van der Waals surface area contributed by atoms with Gasteiger partial charge >= 0.3 is 0 Å². The summed E-state index contributed by atoms with van der Waals surface area (Å²) in [6.45, 7) is 0. The van der Waals surface area contributed by atoms with Gasteiger partial charge in [-0.2, -0.15) is 0 Å². The summed E-state index contributed by atoms with van der Waals surface area (Å²) in [6, 6.07) is 58.6. The number of anilines is 5. The van der Waals surface area contributed by atoms with Crippen LogP contribution in [0, 0.1) is 0 Å². The summed E-state index contributed by atoms with van der Waals surface area (Å²) in [5.74, 6) is 1.77. The zero-order valence-electron chi connectivity index (χ0n) is 26.2. The molecule has 48 heavy (non-hydrogen) atoms. The Morgan fingerprint density at radius 3 is 2.02 bits per heavy atom. The quantitative estimate of drug-likeness (QED) is 0.200. The SMILES string of the molecule is B1c2cccc3c2N(c2ccccc2O3)c2c1c(-c1cc3ccccc3cc1Nc1ccc(-c3ccccc3)cc1)cc1ccccc21. The van der Waals surface area contributed by atoms with Crippen LogP contribution in [0.3, 0.4) is 0 Å². The van der Waals surface area contributed by atoms with E-state index in [1.165, 1.54) is 60.4 Å². The van der Waals surface area contributed by atoms with E-state index in [2.05, 4.69) is 168 Å². The minimum absolute atomic E-state index is 0.804. The van der Waals surface area contributed by atoms with Crippen LogP contribution in [0.5, 0.6) is 11.5 Å². The Labute approximate surface area is 279 Å². The second-order valence-corrected chi connectivity index (χ2v) is 12.6. The third kappa shape index (κ3) is 4.23. The lowest BCUT2D eigenvalue weighted by molar-refractivity contribution is 0.477. The first-order valence-electron chi connectivity index (χ1n) is 16.5. The van der Waals surface area contributed by atoms with E-state index in [-0.39, 0.29) is 0 Å². The minimum atomic E-state index is 0.804. The molecule has 0 unspecified atom stereocenters. The summed E-state index contributed by atoms with van der Waals surface area (Å²) in [7, 11) is 0.804. The monoisotopic (exact) mass is 612 g/mol. The molecule has 0 aliphatic carbocycles. The van der Waals surface area contributed by atoms with Crippen molar-refractivity contribution in [2.45, 2.75) is 0 Å². The van der Waals surface area contributed by atoms with Crippen molar-refractivity contribution in [2.75, 3.05) is 10.2 Å². The molecule has 0 radical (unpaired) electrons. The van der Waals surface area contributed by atoms with Crippen molar-refractivity contribution >= 4 is 68.2 Å². The van der Waals surface area contributed by atoms with E-state index >= 15 is 0 Å². The molecular weight excluding hydrogens is 583 g/mol. The Kier molecular flexibility index (Phi) is 5.97. The van der Waals surface area contributed by atoms with Gasteiger partial charge in [0.1, 0.15) is 0 Å². The highest BCUT2D eigenvalue weighted by atomic mass is 16.5. The molecule has 0 atom stereocenters. The fourth-order valence-electron chi connectivity index (χ4n) is 7.58. The number of nitrogens with zero attached hydrogens (tertiary/aromatic N) is 1. The molecule has 0 amide bonds. The van der Waals surface area contributed by atoms with Gasteiger partial charge in [-0.3, -0.25) is 0 Å². The van der Waals surface area contributed by atoms with Gasteiger partial charge in [0, 0.05) is 28.0 Å². The minimum Gasteiger partial charge on any atom is -0.453 e. The standard InChI is InChI=1S/C44H29BN2O/c1-2-11-28(12-3-1)29-21-23-33(24-22-29)46-38-27-31-14-5-4-13-30(31)25-35(38)36-26-32-15-6-7-16-34(32)43-42(36)45-37-17-10-20-41-44(37)47(43)39-18-8-9-19-40(39)48-41/h1-27,45-46H. The largest absolute Gasteiger partial charge is 0.453 e. The van der Waals surface area contributed by atoms with Gasteiger partial charge in [0.15, 0.2) is 18.8 Å². The zero-order valence-corrected chi connectivity index (χ0v) is 26.2. The van der Waals surface area contributed by atoms with E-state index in [4.69, 9.17) is 4.74 Å². The van der Waals surface area contributed by atoms with E-state index in [1.54, 1.807) is 0 Å². The molecule has 0 fully saturated rings. The molecule has 0 aromatic heterocycles. The Morgan fingerprint density at radius 1 is 0.500 bits per heavy atom. The van der Waals surface area contributed by atoms with Gasteiger partial charge in [0.25, 0.3) is 0 Å². The Morgan fingerprint density at radius 2 is 1.17 bits per heavy atom. The number of para-hydroxylation sites is 3. The van der Waals surface area contributed by atoms with Crippen LogP contribution in [0.15, 0.2) is 164 Å². The molecule has 2 heterocycles. The van der Waals surface area contributed by atoms with Crippen molar-refractivity contribution < 1.29 is 4.74 Å². The van der Waals surface area contributed by atoms with Gasteiger partial charge in [-0.05, 0) is 86.8 Å². The third-order valence-electron chi connectivity index (χ3n) is 9.80. The van der Waals surface area contributed by atoms with Gasteiger partial charge in [-0.15, -0.1) is 0 Å². The lowest BCUT2D eigenvalue weighted by Gasteiger charge is -2.40. The molecule has 2 aliphatic rings. The third-order valence-corrected chi connectivity index (χ3v) is 9.80. The number of rotatable bonds is 4. The summed E-state index contributed by atoms with van der Waals surface area (Å²) in [5.41, 5.74) is 13.0. The second-order valence-electron chi connectivity index (χ2n) is 12.6. The van der Waals surface area contributed by atoms with Crippen LogP contribution in [0.4, 0.5) is 28.4 Å². The van der Waals surface area contributed by atoms with Gasteiger partial charge in [-0.25, -0.2) is 0 Å². The summed E-state index contributed by atoms with van der Waals surface area (Å²) >= 11 is 0. The van der Waals surface area contributed by atoms with Gasteiger partial charge in [0.05, 0.1) is 11.4 Å². The topological polar surface area (TPSA) is 24.5 Å². The molecule has 0 saturated heterocycles. The van der Waals surface area contributed by atoms with E-state index < -0.39 is 0 Å². The number of ether oxygens (including phenoxy) is 1. The molecule has 0 bridgehead atoms. The van der Waals surface area contributed by atoms with Crippen molar-refractivity contribution in [3.05, 3.63) is 164 Å². The number of benzene rings is 8. The number of hydrogen-bond donors (Lipinski definition) is 1. The molecule has 8 aromatic rings. The molecule has 4 heteroatoms. The number of fused-ring (bicyclic) bond motifs is 7. The summed E-state index contributed by atoms with van der Waals surface area (Å²) in [4.78, 5) is 2.45. The van der Waals surface area contributed by atoms with Crippen molar-refractivity contribution in [1.82, 2.24) is 0 Å². The molecule has 1 N–H and O–H groups in total. The van der Waals surface area contributed by atoms with E-state index in [0.717, 1.165) is 41.5 Å². The average molecular weight is 613 g/mol. The first-order valence-corrected chi connectivity index (χ1v) is 16.5. The van der Waals surface area contributed by atoms with Crippen LogP contribution in [0.2, 0.25) is 0 Å². The van der Waals surface area contributed by atoms with Crippen molar-refractivity contribution in [3.63, 3.8) is 0 Å². The Bertz CT molecular complexity index is 2540. The van der Waals surface area contributed by atoms with Crippen molar-refractivity contribution in [1.29, 1.82) is 0 Å². The lowest BCUT2D eigenvalue weighted by atomic mass is 9.57. The smallest absolute Gasteiger partial charge is 0.198 e. The number of nitrogens with one attached hydrogen (secondary N) is 1. The van der Waals surface area contributed by atoms with Gasteiger partial charge in [0.2, 0.25) is 0 Å². The summed E-state index contributed by atoms with van der Waals surface area (Å²) in [6.07, 6.45) is 0. The normalized spacial score (nSPS) is 12.5. The van der Waals surface area contributed by atoms with E-state index in [0.29, 0.717) is 0 Å². The predicted octanol–water partition coefficient (Wildman–Crippen LogP) is 10.3. The Hall–Kier alpha value is -6.26. The molecule has 10 rings (SSSR count). The molecule has 2 aliphatic heterocycles. The van der Waals surface area contributed by atoms with Crippen LogP contribution in [0.25, 0.3) is 43.8 Å². The molecular formula is C44H29BN2O. The lowest BCUT2D eigenvalue weighted by Crippen LogP contribution is -2.42. The molecule has 3 nitrogen and oxygen atoms in total. The average Bonchev–Trinajstić information content (AvgIpc) is 3.15. The first-order chi connectivity index (χ1) is 23.8. The number of hydrogen-bond acceptors (Lipinski definition) is 3. The highest BCUT2D eigenvalue weighted by molar-refractivity contribution is 6.74. The van der Waals surface area contributed by atoms with Crippen LogP contribution in [-0.2, 0) is 0 Å². The predicted molar refractivity (Wildman–Crippen MR) is 203 cm³/mol. The maximum absolute atomic E-state index is 6.48. The highest BCUT2D eigenvalue weighted by Gasteiger charge is 2.35. The molecule has 0 spiro atoms. The Balaban J connectivity index is 1.20. The summed E-state index contributed by atoms with van der Waals surface area (Å²) in [5, 5.41) is 8.71. The van der Waals surface area contributed by atoms with E-state index in [1.807, 2.05) is 6.07 Å².